The normalized spacial score (nSPS) is 11.0. The van der Waals surface area contributed by atoms with Crippen LogP contribution >= 0.6 is 11.3 Å². The number of para-hydroxylation sites is 1. The van der Waals surface area contributed by atoms with Crippen molar-refractivity contribution < 1.29 is 14.5 Å². The van der Waals surface area contributed by atoms with Gasteiger partial charge >= 0.3 is 0 Å². The molecule has 1 aromatic carbocycles. The van der Waals surface area contributed by atoms with Crippen molar-refractivity contribution in [3.05, 3.63) is 57.5 Å². The third-order valence-corrected chi connectivity index (χ3v) is 4.69. The number of methoxy groups -OCH3 is 1. The number of carbonyl (C=O) groups excluding carboxylic acids is 1. The van der Waals surface area contributed by atoms with Gasteiger partial charge in [-0.1, -0.05) is 12.1 Å². The van der Waals surface area contributed by atoms with Gasteiger partial charge in [-0.15, -0.1) is 11.3 Å². The van der Waals surface area contributed by atoms with Crippen LogP contribution in [0.5, 0.6) is 0 Å². The van der Waals surface area contributed by atoms with Crippen molar-refractivity contribution in [1.82, 2.24) is 4.90 Å². The van der Waals surface area contributed by atoms with Gasteiger partial charge in [0.1, 0.15) is 0 Å². The van der Waals surface area contributed by atoms with Gasteiger partial charge in [0.25, 0.3) is 5.69 Å². The van der Waals surface area contributed by atoms with E-state index in [0.717, 1.165) is 16.2 Å². The molecule has 0 fully saturated rings. The highest BCUT2D eigenvalue weighted by molar-refractivity contribution is 7.16. The van der Waals surface area contributed by atoms with E-state index >= 15 is 0 Å². The van der Waals surface area contributed by atoms with Crippen molar-refractivity contribution in [2.75, 3.05) is 27.3 Å². The molecule has 0 N–H and O–H groups in total. The minimum atomic E-state index is -0.386. The molecule has 0 radical (unpaired) electrons. The fraction of sp³-hybridized carbons (Fsp3) is 0.278. The summed E-state index contributed by atoms with van der Waals surface area (Å²) in [4.78, 5) is 26.1. The number of hydrogen-bond acceptors (Lipinski definition) is 5. The maximum atomic E-state index is 12.0. The average molecular weight is 360 g/mol. The zero-order valence-electron chi connectivity index (χ0n) is 14.2. The van der Waals surface area contributed by atoms with Crippen LogP contribution < -0.4 is 0 Å². The fourth-order valence-corrected chi connectivity index (χ4v) is 3.21. The minimum absolute atomic E-state index is 0.0776. The maximum Gasteiger partial charge on any atom is 0.278 e. The first kappa shape index (κ1) is 18.8. The highest BCUT2D eigenvalue weighted by Gasteiger charge is 2.15. The van der Waals surface area contributed by atoms with E-state index in [9.17, 15) is 14.9 Å². The lowest BCUT2D eigenvalue weighted by atomic mass is 10.1. The topological polar surface area (TPSA) is 72.7 Å². The SMILES string of the molecule is COCCCN(C)C(=O)/C=C/c1ccc(-c2ccccc2[N+](=O)[O-])s1. The van der Waals surface area contributed by atoms with Gasteiger partial charge in [0.2, 0.25) is 5.91 Å². The standard InChI is InChI=1S/C18H20N2O4S/c1-19(12-5-13-24-2)18(21)11-9-14-8-10-17(25-14)15-6-3-4-7-16(15)20(22)23/h3-4,6-11H,5,12-13H2,1-2H3/b11-9+. The second-order valence-corrected chi connectivity index (χ2v) is 6.53. The van der Waals surface area contributed by atoms with E-state index < -0.39 is 0 Å². The third-order valence-electron chi connectivity index (χ3n) is 3.60. The van der Waals surface area contributed by atoms with Crippen molar-refractivity contribution in [2.45, 2.75) is 6.42 Å². The quantitative estimate of drug-likeness (QED) is 0.310. The Hall–Kier alpha value is -2.51. The van der Waals surface area contributed by atoms with Crippen molar-refractivity contribution in [3.63, 3.8) is 0 Å². The molecule has 25 heavy (non-hydrogen) atoms. The lowest BCUT2D eigenvalue weighted by Crippen LogP contribution is -2.26. The Balaban J connectivity index is 2.07. The zero-order valence-corrected chi connectivity index (χ0v) is 15.0. The van der Waals surface area contributed by atoms with E-state index in [1.807, 2.05) is 12.1 Å². The first-order chi connectivity index (χ1) is 12.0. The zero-order chi connectivity index (χ0) is 18.2. The van der Waals surface area contributed by atoms with Crippen LogP contribution in [0.2, 0.25) is 0 Å². The summed E-state index contributed by atoms with van der Waals surface area (Å²) in [5.74, 6) is -0.0863. The van der Waals surface area contributed by atoms with Gasteiger partial charge < -0.3 is 9.64 Å². The molecule has 2 aromatic rings. The Morgan fingerprint density at radius 2 is 2.08 bits per heavy atom. The average Bonchev–Trinajstić information content (AvgIpc) is 3.08. The smallest absolute Gasteiger partial charge is 0.278 e. The second-order valence-electron chi connectivity index (χ2n) is 5.42. The summed E-state index contributed by atoms with van der Waals surface area (Å²) >= 11 is 1.41. The maximum absolute atomic E-state index is 12.0. The molecule has 6 nitrogen and oxygen atoms in total. The van der Waals surface area contributed by atoms with Crippen molar-refractivity contribution >= 4 is 29.0 Å². The molecule has 0 bridgehead atoms. The Morgan fingerprint density at radius 3 is 2.80 bits per heavy atom. The summed E-state index contributed by atoms with van der Waals surface area (Å²) in [6.07, 6.45) is 4.04. The van der Waals surface area contributed by atoms with Crippen LogP contribution in [0.25, 0.3) is 16.5 Å². The molecule has 1 amide bonds. The van der Waals surface area contributed by atoms with Crippen LogP contribution in [0.15, 0.2) is 42.5 Å². The summed E-state index contributed by atoms with van der Waals surface area (Å²) in [5.41, 5.74) is 0.661. The molecule has 0 unspecified atom stereocenters. The number of benzene rings is 1. The molecular weight excluding hydrogens is 340 g/mol. The predicted octanol–water partition coefficient (Wildman–Crippen LogP) is 3.83. The molecule has 1 heterocycles. The van der Waals surface area contributed by atoms with E-state index in [1.54, 1.807) is 43.3 Å². The fourth-order valence-electron chi connectivity index (χ4n) is 2.27. The van der Waals surface area contributed by atoms with Crippen LogP contribution in [-0.2, 0) is 9.53 Å². The number of rotatable bonds is 8. The van der Waals surface area contributed by atoms with Gasteiger partial charge in [0.05, 0.1) is 10.5 Å². The Bertz CT molecular complexity index is 770. The summed E-state index contributed by atoms with van der Waals surface area (Å²) in [5, 5.41) is 11.1. The number of nitro benzene ring substituents is 1. The molecule has 132 valence electrons. The summed E-state index contributed by atoms with van der Waals surface area (Å²) in [6.45, 7) is 1.24. The van der Waals surface area contributed by atoms with Crippen molar-refractivity contribution in [3.8, 4) is 10.4 Å². The van der Waals surface area contributed by atoms with E-state index in [-0.39, 0.29) is 16.5 Å². The van der Waals surface area contributed by atoms with Gasteiger partial charge in [-0.05, 0) is 30.7 Å². The van der Waals surface area contributed by atoms with Crippen LogP contribution in [-0.4, -0.2) is 43.0 Å². The molecule has 7 heteroatoms. The van der Waals surface area contributed by atoms with Crippen LogP contribution in [0.4, 0.5) is 5.69 Å². The first-order valence-electron chi connectivity index (χ1n) is 7.78. The summed E-state index contributed by atoms with van der Waals surface area (Å²) < 4.78 is 4.97. The van der Waals surface area contributed by atoms with Crippen LogP contribution in [0.3, 0.4) is 0 Å². The van der Waals surface area contributed by atoms with E-state index in [1.165, 1.54) is 23.5 Å². The molecule has 0 spiro atoms. The van der Waals surface area contributed by atoms with Gasteiger partial charge in [0, 0.05) is 49.2 Å². The van der Waals surface area contributed by atoms with E-state index in [0.29, 0.717) is 18.7 Å². The van der Waals surface area contributed by atoms with Gasteiger partial charge in [-0.3, -0.25) is 14.9 Å². The number of likely N-dealkylation sites (N-methyl/N-ethyl adjacent to an activating group) is 1. The molecular formula is C18H20N2O4S. The molecule has 0 aliphatic rings. The number of ether oxygens (including phenoxy) is 1. The Morgan fingerprint density at radius 1 is 1.32 bits per heavy atom. The minimum Gasteiger partial charge on any atom is -0.385 e. The summed E-state index contributed by atoms with van der Waals surface area (Å²) in [6, 6.07) is 10.3. The molecule has 0 aliphatic carbocycles. The lowest BCUT2D eigenvalue weighted by Gasteiger charge is -2.14. The number of nitrogens with zero attached hydrogens (tertiary/aromatic N) is 2. The predicted molar refractivity (Wildman–Crippen MR) is 99.6 cm³/mol. The molecule has 0 atom stereocenters. The van der Waals surface area contributed by atoms with Crippen molar-refractivity contribution in [2.24, 2.45) is 0 Å². The molecule has 0 saturated heterocycles. The van der Waals surface area contributed by atoms with E-state index in [2.05, 4.69) is 0 Å². The second kappa shape index (κ2) is 9.10. The van der Waals surface area contributed by atoms with Crippen LogP contribution in [0, 0.1) is 10.1 Å². The molecule has 2 rings (SSSR count). The summed E-state index contributed by atoms with van der Waals surface area (Å²) in [7, 11) is 3.38. The van der Waals surface area contributed by atoms with Gasteiger partial charge in [-0.25, -0.2) is 0 Å². The lowest BCUT2D eigenvalue weighted by molar-refractivity contribution is -0.384. The largest absolute Gasteiger partial charge is 0.385 e. The Kier molecular flexibility index (Phi) is 6.85. The number of thiophene rings is 1. The molecule has 0 saturated carbocycles. The number of nitro groups is 1. The van der Waals surface area contributed by atoms with Gasteiger partial charge in [-0.2, -0.15) is 0 Å². The first-order valence-corrected chi connectivity index (χ1v) is 8.60. The van der Waals surface area contributed by atoms with Crippen LogP contribution in [0.1, 0.15) is 11.3 Å². The number of carbonyl (C=O) groups is 1. The number of amides is 1. The van der Waals surface area contributed by atoms with E-state index in [4.69, 9.17) is 4.74 Å². The van der Waals surface area contributed by atoms with Gasteiger partial charge in [0.15, 0.2) is 0 Å². The number of hydrogen-bond donors (Lipinski definition) is 0. The Labute approximate surface area is 150 Å². The monoisotopic (exact) mass is 360 g/mol. The molecule has 1 aromatic heterocycles. The highest BCUT2D eigenvalue weighted by Crippen LogP contribution is 2.34. The highest BCUT2D eigenvalue weighted by atomic mass is 32.1. The van der Waals surface area contributed by atoms with Crippen molar-refractivity contribution in [1.29, 1.82) is 0 Å². The molecule has 0 aliphatic heterocycles. The third kappa shape index (κ3) is 5.23.